The summed E-state index contributed by atoms with van der Waals surface area (Å²) in [6.07, 6.45) is 4.55. The van der Waals surface area contributed by atoms with Crippen LogP contribution >= 0.6 is 0 Å². The van der Waals surface area contributed by atoms with Crippen LogP contribution in [0.1, 0.15) is 42.9 Å². The van der Waals surface area contributed by atoms with E-state index < -0.39 is 0 Å². The van der Waals surface area contributed by atoms with Gasteiger partial charge in [0.25, 0.3) is 5.91 Å². The maximum atomic E-state index is 12.1. The first-order valence-corrected chi connectivity index (χ1v) is 6.90. The zero-order valence-corrected chi connectivity index (χ0v) is 12.4. The third-order valence-electron chi connectivity index (χ3n) is 2.89. The molecule has 1 aromatic carbocycles. The fourth-order valence-electron chi connectivity index (χ4n) is 1.96. The van der Waals surface area contributed by atoms with Crippen LogP contribution in [0.3, 0.4) is 0 Å². The highest BCUT2D eigenvalue weighted by atomic mass is 16.5. The lowest BCUT2D eigenvalue weighted by molar-refractivity contribution is 0.0933. The quantitative estimate of drug-likeness (QED) is 0.917. The first kappa shape index (κ1) is 15.0. The average Bonchev–Trinajstić information content (AvgIpc) is 2.48. The third kappa shape index (κ3) is 4.02. The van der Waals surface area contributed by atoms with E-state index in [1.807, 2.05) is 45.0 Å². The van der Waals surface area contributed by atoms with Gasteiger partial charge < -0.3 is 10.1 Å². The normalized spacial score (nSPS) is 12.0. The molecule has 0 aliphatic rings. The molecular formula is C16H19N3O2. The molecule has 1 N–H and O–H groups in total. The van der Waals surface area contributed by atoms with E-state index in [0.717, 1.165) is 11.3 Å². The molecule has 0 saturated carbocycles. The van der Waals surface area contributed by atoms with Crippen molar-refractivity contribution in [2.24, 2.45) is 0 Å². The van der Waals surface area contributed by atoms with E-state index in [0.29, 0.717) is 5.69 Å². The van der Waals surface area contributed by atoms with Crippen LogP contribution in [0, 0.1) is 0 Å². The summed E-state index contributed by atoms with van der Waals surface area (Å²) in [6, 6.07) is 7.50. The smallest absolute Gasteiger partial charge is 0.271 e. The summed E-state index contributed by atoms with van der Waals surface area (Å²) in [6.45, 7) is 5.86. The van der Waals surface area contributed by atoms with Crippen molar-refractivity contribution in [3.05, 3.63) is 54.1 Å². The van der Waals surface area contributed by atoms with Crippen LogP contribution in [-0.4, -0.2) is 22.0 Å². The van der Waals surface area contributed by atoms with E-state index in [1.54, 1.807) is 0 Å². The fourth-order valence-corrected chi connectivity index (χ4v) is 1.96. The Labute approximate surface area is 124 Å². The SMILES string of the molecule is CC(C)Oc1ccccc1C(C)NC(=O)c1cnccn1. The predicted molar refractivity (Wildman–Crippen MR) is 80.1 cm³/mol. The lowest BCUT2D eigenvalue weighted by atomic mass is 10.1. The van der Waals surface area contributed by atoms with Crippen molar-refractivity contribution in [1.82, 2.24) is 15.3 Å². The van der Waals surface area contributed by atoms with Gasteiger partial charge in [0.05, 0.1) is 18.3 Å². The molecule has 0 spiro atoms. The fraction of sp³-hybridized carbons (Fsp3) is 0.312. The molecular weight excluding hydrogens is 266 g/mol. The Hall–Kier alpha value is -2.43. The van der Waals surface area contributed by atoms with Crippen molar-refractivity contribution in [3.8, 4) is 5.75 Å². The molecule has 1 amide bonds. The Morgan fingerprint density at radius 2 is 1.95 bits per heavy atom. The number of carbonyl (C=O) groups is 1. The molecule has 1 atom stereocenters. The molecule has 0 fully saturated rings. The minimum Gasteiger partial charge on any atom is -0.491 e. The molecule has 1 unspecified atom stereocenters. The highest BCUT2D eigenvalue weighted by Gasteiger charge is 2.16. The van der Waals surface area contributed by atoms with Crippen LogP contribution in [0.2, 0.25) is 0 Å². The molecule has 2 aromatic rings. The van der Waals surface area contributed by atoms with E-state index in [-0.39, 0.29) is 18.1 Å². The third-order valence-corrected chi connectivity index (χ3v) is 2.89. The largest absolute Gasteiger partial charge is 0.491 e. The number of hydrogen-bond donors (Lipinski definition) is 1. The number of hydrogen-bond acceptors (Lipinski definition) is 4. The second kappa shape index (κ2) is 6.83. The van der Waals surface area contributed by atoms with E-state index in [1.165, 1.54) is 18.6 Å². The minimum atomic E-state index is -0.255. The first-order chi connectivity index (χ1) is 10.1. The van der Waals surface area contributed by atoms with Gasteiger partial charge in [-0.05, 0) is 26.8 Å². The van der Waals surface area contributed by atoms with E-state index >= 15 is 0 Å². The molecule has 5 nitrogen and oxygen atoms in total. The number of nitrogens with zero attached hydrogens (tertiary/aromatic N) is 2. The van der Waals surface area contributed by atoms with Gasteiger partial charge in [0, 0.05) is 18.0 Å². The maximum absolute atomic E-state index is 12.1. The number of benzene rings is 1. The summed E-state index contributed by atoms with van der Waals surface area (Å²) in [5.74, 6) is 0.523. The Morgan fingerprint density at radius 1 is 1.19 bits per heavy atom. The number of carbonyl (C=O) groups excluding carboxylic acids is 1. The Bertz CT molecular complexity index is 599. The number of aromatic nitrogens is 2. The van der Waals surface area contributed by atoms with Crippen molar-refractivity contribution in [3.63, 3.8) is 0 Å². The number of nitrogens with one attached hydrogen (secondary N) is 1. The monoisotopic (exact) mass is 285 g/mol. The molecule has 0 saturated heterocycles. The van der Waals surface area contributed by atoms with Crippen molar-refractivity contribution >= 4 is 5.91 Å². The van der Waals surface area contributed by atoms with Crippen LogP contribution in [-0.2, 0) is 0 Å². The number of para-hydroxylation sites is 1. The second-order valence-electron chi connectivity index (χ2n) is 4.99. The molecule has 0 bridgehead atoms. The molecule has 110 valence electrons. The molecule has 0 radical (unpaired) electrons. The Kier molecular flexibility index (Phi) is 4.87. The molecule has 2 rings (SSSR count). The summed E-state index contributed by atoms with van der Waals surface area (Å²) < 4.78 is 5.77. The van der Waals surface area contributed by atoms with Crippen LogP contribution in [0.25, 0.3) is 0 Å². The molecule has 21 heavy (non-hydrogen) atoms. The molecule has 5 heteroatoms. The minimum absolute atomic E-state index is 0.0778. The number of amides is 1. The Balaban J connectivity index is 2.13. The standard InChI is InChI=1S/C16H19N3O2/c1-11(2)21-15-7-5-4-6-13(15)12(3)19-16(20)14-10-17-8-9-18-14/h4-12H,1-3H3,(H,19,20). The van der Waals surface area contributed by atoms with E-state index in [9.17, 15) is 4.79 Å². The predicted octanol–water partition coefficient (Wildman–Crippen LogP) is 2.75. The van der Waals surface area contributed by atoms with Crippen LogP contribution in [0.4, 0.5) is 0 Å². The van der Waals surface area contributed by atoms with Crippen molar-refractivity contribution in [1.29, 1.82) is 0 Å². The molecule has 1 heterocycles. The maximum Gasteiger partial charge on any atom is 0.271 e. The van der Waals surface area contributed by atoms with Crippen LogP contribution in [0.5, 0.6) is 5.75 Å². The van der Waals surface area contributed by atoms with Crippen molar-refractivity contribution in [2.45, 2.75) is 32.9 Å². The average molecular weight is 285 g/mol. The molecule has 1 aromatic heterocycles. The van der Waals surface area contributed by atoms with Gasteiger partial charge in [-0.1, -0.05) is 18.2 Å². The van der Waals surface area contributed by atoms with Crippen LogP contribution < -0.4 is 10.1 Å². The van der Waals surface area contributed by atoms with Crippen molar-refractivity contribution in [2.75, 3.05) is 0 Å². The van der Waals surface area contributed by atoms with Crippen LogP contribution in [0.15, 0.2) is 42.9 Å². The van der Waals surface area contributed by atoms with Gasteiger partial charge in [0.2, 0.25) is 0 Å². The van der Waals surface area contributed by atoms with Gasteiger partial charge in [0.1, 0.15) is 11.4 Å². The first-order valence-electron chi connectivity index (χ1n) is 6.90. The van der Waals surface area contributed by atoms with Gasteiger partial charge in [0.15, 0.2) is 0 Å². The van der Waals surface area contributed by atoms with E-state index in [4.69, 9.17) is 4.74 Å². The van der Waals surface area contributed by atoms with Gasteiger partial charge in [-0.25, -0.2) is 4.98 Å². The van der Waals surface area contributed by atoms with Gasteiger partial charge in [-0.15, -0.1) is 0 Å². The number of ether oxygens (including phenoxy) is 1. The lowest BCUT2D eigenvalue weighted by Crippen LogP contribution is -2.28. The second-order valence-corrected chi connectivity index (χ2v) is 4.99. The van der Waals surface area contributed by atoms with Gasteiger partial charge in [-0.2, -0.15) is 0 Å². The summed E-state index contributed by atoms with van der Waals surface area (Å²) in [4.78, 5) is 20.0. The zero-order valence-electron chi connectivity index (χ0n) is 12.4. The zero-order chi connectivity index (χ0) is 15.2. The summed E-state index contributed by atoms with van der Waals surface area (Å²) in [7, 11) is 0. The molecule has 0 aliphatic carbocycles. The topological polar surface area (TPSA) is 64.1 Å². The van der Waals surface area contributed by atoms with Crippen molar-refractivity contribution < 1.29 is 9.53 Å². The highest BCUT2D eigenvalue weighted by Crippen LogP contribution is 2.25. The summed E-state index contributed by atoms with van der Waals surface area (Å²) >= 11 is 0. The molecule has 0 aliphatic heterocycles. The summed E-state index contributed by atoms with van der Waals surface area (Å²) in [5.41, 5.74) is 1.23. The highest BCUT2D eigenvalue weighted by molar-refractivity contribution is 5.92. The summed E-state index contributed by atoms with van der Waals surface area (Å²) in [5, 5.41) is 2.90. The lowest BCUT2D eigenvalue weighted by Gasteiger charge is -2.19. The number of rotatable bonds is 5. The van der Waals surface area contributed by atoms with Gasteiger partial charge in [-0.3, -0.25) is 9.78 Å². The van der Waals surface area contributed by atoms with Gasteiger partial charge >= 0.3 is 0 Å². The van der Waals surface area contributed by atoms with E-state index in [2.05, 4.69) is 15.3 Å². The Morgan fingerprint density at radius 3 is 2.62 bits per heavy atom.